The van der Waals surface area contributed by atoms with Gasteiger partial charge in [-0.1, -0.05) is 215 Å². The molecule has 0 unspecified atom stereocenters. The van der Waals surface area contributed by atoms with E-state index >= 15 is 0 Å². The van der Waals surface area contributed by atoms with Gasteiger partial charge in [-0.3, -0.25) is 0 Å². The minimum absolute atomic E-state index is 0.00847. The molecule has 0 amide bonds. The van der Waals surface area contributed by atoms with E-state index in [9.17, 15) is 0 Å². The number of benzene rings is 11. The molecule has 378 valence electrons. The Morgan fingerprint density at radius 1 is 0.350 bits per heavy atom. The Balaban J connectivity index is 0.955. The van der Waals surface area contributed by atoms with E-state index in [4.69, 9.17) is 9.97 Å². The minimum Gasteiger partial charge on any atom is -0.311 e. The van der Waals surface area contributed by atoms with Crippen LogP contribution in [-0.2, 0) is 5.41 Å². The minimum atomic E-state index is -0.00851. The summed E-state index contributed by atoms with van der Waals surface area (Å²) in [6.07, 6.45) is 0. The molecule has 4 heterocycles. The van der Waals surface area contributed by atoms with Crippen LogP contribution in [0.1, 0.15) is 26.3 Å². The Morgan fingerprint density at radius 3 is 1.52 bits per heavy atom. The average Bonchev–Trinajstić information content (AvgIpc) is 3.72. The third-order valence-corrected chi connectivity index (χ3v) is 16.4. The van der Waals surface area contributed by atoms with Crippen LogP contribution in [0.15, 0.2) is 273 Å². The highest BCUT2D eigenvalue weighted by molar-refractivity contribution is 7.00. The van der Waals surface area contributed by atoms with Gasteiger partial charge in [-0.15, -0.1) is 0 Å². The van der Waals surface area contributed by atoms with Gasteiger partial charge < -0.3 is 14.4 Å². The standard InChI is InChI=1S/C74H54BN5/c1-74(2,3)54-41-44-67-60(47-54)58-30-16-19-33-65(58)80(67)66-43-40-53(64-48-63(51-22-8-4-9-23-51)76-73(77-64)52-24-10-5-11-25-52)46-59(66)50-38-36-49(37-39-50)57-42-45-70-71-72(57)79(56-28-14-7-15-29-56)69-35-21-18-32-62(69)75(71)61-31-17-20-34-68(61)78(70)55-26-12-6-13-27-55/h4-48H,1-3H3. The second-order valence-corrected chi connectivity index (χ2v) is 22.1. The fraction of sp³-hybridized carbons (Fsp3) is 0.0541. The maximum absolute atomic E-state index is 5.34. The van der Waals surface area contributed by atoms with Gasteiger partial charge in [-0.2, -0.15) is 0 Å². The van der Waals surface area contributed by atoms with Gasteiger partial charge >= 0.3 is 0 Å². The van der Waals surface area contributed by atoms with E-state index in [1.807, 2.05) is 24.3 Å². The lowest BCUT2D eigenvalue weighted by Crippen LogP contribution is -2.61. The first-order chi connectivity index (χ1) is 39.3. The second kappa shape index (κ2) is 18.9. The topological polar surface area (TPSA) is 37.2 Å². The van der Waals surface area contributed by atoms with Crippen molar-refractivity contribution >= 4 is 79.0 Å². The van der Waals surface area contributed by atoms with Crippen molar-refractivity contribution in [1.29, 1.82) is 0 Å². The quantitative estimate of drug-likeness (QED) is 0.142. The predicted octanol–water partition coefficient (Wildman–Crippen LogP) is 17.3. The molecular formula is C74H54BN5. The monoisotopic (exact) mass is 1020 g/mol. The van der Waals surface area contributed by atoms with E-state index < -0.39 is 0 Å². The van der Waals surface area contributed by atoms with Gasteiger partial charge in [0.05, 0.1) is 33.8 Å². The van der Waals surface area contributed by atoms with Crippen molar-refractivity contribution in [2.75, 3.05) is 9.80 Å². The molecule has 0 radical (unpaired) electrons. The highest BCUT2D eigenvalue weighted by Gasteiger charge is 2.44. The van der Waals surface area contributed by atoms with E-state index in [1.165, 1.54) is 66.6 Å². The summed E-state index contributed by atoms with van der Waals surface area (Å²) >= 11 is 0. The maximum Gasteiger partial charge on any atom is 0.252 e. The lowest BCUT2D eigenvalue weighted by molar-refractivity contribution is 0.591. The van der Waals surface area contributed by atoms with E-state index in [2.05, 4.69) is 284 Å². The Bertz CT molecular complexity index is 4440. The zero-order chi connectivity index (χ0) is 53.5. The van der Waals surface area contributed by atoms with Crippen molar-refractivity contribution < 1.29 is 0 Å². The van der Waals surface area contributed by atoms with Gasteiger partial charge in [-0.25, -0.2) is 9.97 Å². The molecule has 5 nitrogen and oxygen atoms in total. The molecule has 11 aromatic carbocycles. The lowest BCUT2D eigenvalue weighted by atomic mass is 9.33. The molecule has 0 bridgehead atoms. The molecule has 0 fully saturated rings. The maximum atomic E-state index is 5.34. The number of nitrogens with zero attached hydrogens (tertiary/aromatic N) is 5. The summed E-state index contributed by atoms with van der Waals surface area (Å²) in [5.74, 6) is 0.688. The van der Waals surface area contributed by atoms with Gasteiger partial charge in [0.25, 0.3) is 6.71 Å². The molecule has 2 aromatic heterocycles. The molecule has 0 saturated heterocycles. The number of hydrogen-bond donors (Lipinski definition) is 0. The Labute approximate surface area is 467 Å². The number of anilines is 6. The fourth-order valence-electron chi connectivity index (χ4n) is 12.6. The van der Waals surface area contributed by atoms with Crippen molar-refractivity contribution in [3.05, 3.63) is 279 Å². The number of fused-ring (bicyclic) bond motifs is 7. The third-order valence-electron chi connectivity index (χ3n) is 16.4. The summed E-state index contributed by atoms with van der Waals surface area (Å²) in [5.41, 5.74) is 24.9. The first-order valence-electron chi connectivity index (χ1n) is 27.7. The van der Waals surface area contributed by atoms with Crippen molar-refractivity contribution in [3.63, 3.8) is 0 Å². The number of aromatic nitrogens is 3. The number of hydrogen-bond acceptors (Lipinski definition) is 4. The van der Waals surface area contributed by atoms with Gasteiger partial charge in [0.2, 0.25) is 0 Å². The van der Waals surface area contributed by atoms with Crippen LogP contribution in [-0.4, -0.2) is 21.2 Å². The van der Waals surface area contributed by atoms with E-state index in [-0.39, 0.29) is 12.1 Å². The Morgan fingerprint density at radius 2 is 0.863 bits per heavy atom. The zero-order valence-electron chi connectivity index (χ0n) is 44.8. The van der Waals surface area contributed by atoms with Crippen molar-refractivity contribution in [3.8, 4) is 61.8 Å². The van der Waals surface area contributed by atoms with Crippen molar-refractivity contribution in [1.82, 2.24) is 14.5 Å². The van der Waals surface area contributed by atoms with Gasteiger partial charge in [0.15, 0.2) is 5.82 Å². The fourth-order valence-corrected chi connectivity index (χ4v) is 12.6. The van der Waals surface area contributed by atoms with Crippen LogP contribution < -0.4 is 26.2 Å². The van der Waals surface area contributed by atoms with Crippen LogP contribution in [0.2, 0.25) is 0 Å². The summed E-state index contributed by atoms with van der Waals surface area (Å²) < 4.78 is 2.47. The van der Waals surface area contributed by atoms with Gasteiger partial charge in [0.1, 0.15) is 0 Å². The molecule has 13 aromatic rings. The largest absolute Gasteiger partial charge is 0.311 e. The highest BCUT2D eigenvalue weighted by Crippen LogP contribution is 2.48. The first kappa shape index (κ1) is 47.2. The zero-order valence-corrected chi connectivity index (χ0v) is 44.8. The third kappa shape index (κ3) is 7.78. The summed E-state index contributed by atoms with van der Waals surface area (Å²) in [6.45, 7) is 6.89. The second-order valence-electron chi connectivity index (χ2n) is 22.1. The SMILES string of the molecule is CC(C)(C)c1ccc2c(c1)c1ccccc1n2-c1ccc(-c2cc(-c3ccccc3)nc(-c3ccccc3)n2)cc1-c1ccc(-c2ccc3c4c2N(c2ccccc2)c2ccccc2B4c2ccccc2N3c2ccccc2)cc1. The molecule has 15 rings (SSSR count). The van der Waals surface area contributed by atoms with Crippen LogP contribution in [0.5, 0.6) is 0 Å². The summed E-state index contributed by atoms with van der Waals surface area (Å²) in [5, 5.41) is 2.47. The number of para-hydroxylation sites is 5. The van der Waals surface area contributed by atoms with Crippen LogP contribution >= 0.6 is 0 Å². The van der Waals surface area contributed by atoms with E-state index in [0.29, 0.717) is 5.82 Å². The molecule has 6 heteroatoms. The Kier molecular flexibility index (Phi) is 11.1. The van der Waals surface area contributed by atoms with Gasteiger partial charge in [0, 0.05) is 67.0 Å². The van der Waals surface area contributed by atoms with Crippen LogP contribution in [0, 0.1) is 0 Å². The normalized spacial score (nSPS) is 12.6. The molecule has 2 aliphatic rings. The van der Waals surface area contributed by atoms with Crippen LogP contribution in [0.3, 0.4) is 0 Å². The first-order valence-corrected chi connectivity index (χ1v) is 27.7. The highest BCUT2D eigenvalue weighted by atomic mass is 15.2. The lowest BCUT2D eigenvalue weighted by Gasteiger charge is -2.45. The molecule has 0 spiro atoms. The summed E-state index contributed by atoms with van der Waals surface area (Å²) in [6, 6.07) is 99.4. The molecule has 0 N–H and O–H groups in total. The summed E-state index contributed by atoms with van der Waals surface area (Å²) in [4.78, 5) is 15.5. The Hall–Kier alpha value is -10.0. The number of rotatable bonds is 8. The van der Waals surface area contributed by atoms with Crippen LogP contribution in [0.25, 0.3) is 83.6 Å². The van der Waals surface area contributed by atoms with E-state index in [0.717, 1.165) is 67.3 Å². The van der Waals surface area contributed by atoms with Crippen LogP contribution in [0.4, 0.5) is 34.1 Å². The molecule has 80 heavy (non-hydrogen) atoms. The van der Waals surface area contributed by atoms with Crippen molar-refractivity contribution in [2.45, 2.75) is 26.2 Å². The van der Waals surface area contributed by atoms with Crippen molar-refractivity contribution in [2.24, 2.45) is 0 Å². The molecule has 2 aliphatic heterocycles. The van der Waals surface area contributed by atoms with Gasteiger partial charge in [-0.05, 0) is 117 Å². The summed E-state index contributed by atoms with van der Waals surface area (Å²) in [7, 11) is 0. The molecule has 0 aliphatic carbocycles. The predicted molar refractivity (Wildman–Crippen MR) is 336 cm³/mol. The molecule has 0 saturated carbocycles. The smallest absolute Gasteiger partial charge is 0.252 e. The van der Waals surface area contributed by atoms with E-state index in [1.54, 1.807) is 0 Å². The average molecular weight is 1020 g/mol. The molecule has 0 atom stereocenters. The molecular weight excluding hydrogens is 970 g/mol.